The van der Waals surface area contributed by atoms with Crippen molar-refractivity contribution in [2.24, 2.45) is 4.99 Å². The number of pyridine rings is 2. The second kappa shape index (κ2) is 8.35. The summed E-state index contributed by atoms with van der Waals surface area (Å²) in [5.41, 5.74) is 6.00. The van der Waals surface area contributed by atoms with E-state index in [-0.39, 0.29) is 45.8 Å². The summed E-state index contributed by atoms with van der Waals surface area (Å²) < 4.78 is 47.7. The average Bonchev–Trinajstić information content (AvgIpc) is 2.95. The molecular formula is C23H18ClF3N6O2. The molecule has 12 heteroatoms. The summed E-state index contributed by atoms with van der Waals surface area (Å²) in [4.78, 5) is 14.3. The third-order valence-corrected chi connectivity index (χ3v) is 5.94. The zero-order valence-electron chi connectivity index (χ0n) is 18.2. The number of hydrogen-bond donors (Lipinski definition) is 3. The van der Waals surface area contributed by atoms with Gasteiger partial charge >= 0.3 is 6.18 Å². The molecule has 0 amide bonds. The maximum atomic E-state index is 14.0. The molecule has 0 fully saturated rings. The number of amidine groups is 1. The number of benzene rings is 1. The van der Waals surface area contributed by atoms with Crippen LogP contribution in [0.2, 0.25) is 5.02 Å². The van der Waals surface area contributed by atoms with Gasteiger partial charge in [0.25, 0.3) is 0 Å². The van der Waals surface area contributed by atoms with E-state index in [1.807, 2.05) is 0 Å². The van der Waals surface area contributed by atoms with Crippen LogP contribution >= 0.6 is 11.6 Å². The summed E-state index contributed by atoms with van der Waals surface area (Å²) >= 11 is 6.69. The smallest absolute Gasteiger partial charge is 0.418 e. The Kier molecular flexibility index (Phi) is 5.43. The Hall–Kier alpha value is -3.99. The molecule has 4 N–H and O–H groups in total. The first-order chi connectivity index (χ1) is 16.6. The topological polar surface area (TPSA) is 109 Å². The number of aryl methyl sites for hydroxylation is 1. The lowest BCUT2D eigenvalue weighted by Crippen LogP contribution is -2.30. The first kappa shape index (κ1) is 22.8. The molecule has 35 heavy (non-hydrogen) atoms. The Labute approximate surface area is 202 Å². The molecule has 2 aromatic heterocycles. The van der Waals surface area contributed by atoms with E-state index in [1.165, 1.54) is 31.5 Å². The van der Waals surface area contributed by atoms with Gasteiger partial charge in [-0.25, -0.2) is 9.98 Å². The molecule has 0 saturated heterocycles. The lowest BCUT2D eigenvalue weighted by atomic mass is 9.97. The van der Waals surface area contributed by atoms with E-state index in [1.54, 1.807) is 23.4 Å². The Morgan fingerprint density at radius 1 is 1.26 bits per heavy atom. The third kappa shape index (κ3) is 4.08. The van der Waals surface area contributed by atoms with Gasteiger partial charge in [0.05, 0.1) is 40.3 Å². The second-order valence-corrected chi connectivity index (χ2v) is 8.35. The highest BCUT2D eigenvalue weighted by molar-refractivity contribution is 6.37. The van der Waals surface area contributed by atoms with Crippen LogP contribution in [0.3, 0.4) is 0 Å². The average molecular weight is 503 g/mol. The van der Waals surface area contributed by atoms with Crippen molar-refractivity contribution >= 4 is 28.9 Å². The van der Waals surface area contributed by atoms with E-state index in [9.17, 15) is 18.3 Å². The molecule has 180 valence electrons. The van der Waals surface area contributed by atoms with Gasteiger partial charge < -0.3 is 25.8 Å². The number of nitrogens with two attached hydrogens (primary N) is 1. The van der Waals surface area contributed by atoms with Crippen molar-refractivity contribution in [2.45, 2.75) is 19.6 Å². The minimum atomic E-state index is -4.68. The highest BCUT2D eigenvalue weighted by Gasteiger charge is 2.38. The van der Waals surface area contributed by atoms with Gasteiger partial charge in [0.1, 0.15) is 36.1 Å². The molecule has 4 heterocycles. The third-order valence-electron chi connectivity index (χ3n) is 5.55. The van der Waals surface area contributed by atoms with Crippen LogP contribution in [-0.2, 0) is 12.7 Å². The number of nitrogen functional groups attached to an aromatic ring is 1. The summed E-state index contributed by atoms with van der Waals surface area (Å²) in [7, 11) is 0. The molecule has 0 aliphatic carbocycles. The van der Waals surface area contributed by atoms with Crippen molar-refractivity contribution in [3.8, 4) is 22.8 Å². The molecule has 0 radical (unpaired) electrons. The van der Waals surface area contributed by atoms with E-state index in [2.05, 4.69) is 20.3 Å². The fraction of sp³-hybridized carbons (Fsp3) is 0.174. The van der Waals surface area contributed by atoms with Crippen LogP contribution in [0.25, 0.3) is 11.3 Å². The highest BCUT2D eigenvalue weighted by atomic mass is 35.5. The summed E-state index contributed by atoms with van der Waals surface area (Å²) in [6.07, 6.45) is 1.28. The van der Waals surface area contributed by atoms with E-state index in [4.69, 9.17) is 22.1 Å². The van der Waals surface area contributed by atoms with Gasteiger partial charge in [0.15, 0.2) is 0 Å². The fourth-order valence-corrected chi connectivity index (χ4v) is 4.48. The summed E-state index contributed by atoms with van der Waals surface area (Å²) in [6, 6.07) is 4.15. The van der Waals surface area contributed by atoms with Gasteiger partial charge in [0.2, 0.25) is 0 Å². The standard InChI is InChI=1S/C23H18ClF3N6O2/c1-11-4-16(28)32-20(18(11)23(25,26)27)14-6-15-17-21(19(14)24)30-10-31-22(17)33(2-3-35-15)9-12-5-13(34)8-29-7-12/h2-8,30,34H,9-10H2,1H3,(H2,28,32). The maximum absolute atomic E-state index is 14.0. The molecule has 0 spiro atoms. The van der Waals surface area contributed by atoms with Crippen molar-refractivity contribution in [1.29, 1.82) is 0 Å². The zero-order chi connectivity index (χ0) is 24.9. The molecule has 5 rings (SSSR count). The predicted octanol–water partition coefficient (Wildman–Crippen LogP) is 4.91. The summed E-state index contributed by atoms with van der Waals surface area (Å²) in [5.74, 6) is 0.691. The van der Waals surface area contributed by atoms with Crippen LogP contribution in [0, 0.1) is 6.92 Å². The van der Waals surface area contributed by atoms with Gasteiger partial charge in [-0.05, 0) is 36.2 Å². The number of aromatic hydroxyl groups is 1. The fourth-order valence-electron chi connectivity index (χ4n) is 4.18. The molecule has 1 aromatic carbocycles. The lowest BCUT2D eigenvalue weighted by molar-refractivity contribution is -0.137. The Morgan fingerprint density at radius 3 is 2.80 bits per heavy atom. The van der Waals surface area contributed by atoms with Crippen molar-refractivity contribution in [3.05, 3.63) is 70.3 Å². The number of aromatic nitrogens is 2. The molecule has 2 aliphatic rings. The lowest BCUT2D eigenvalue weighted by Gasteiger charge is -2.28. The van der Waals surface area contributed by atoms with Crippen molar-refractivity contribution in [1.82, 2.24) is 14.9 Å². The van der Waals surface area contributed by atoms with Crippen LogP contribution in [0.5, 0.6) is 11.5 Å². The Morgan fingerprint density at radius 2 is 2.06 bits per heavy atom. The number of anilines is 2. The quantitative estimate of drug-likeness (QED) is 0.467. The summed E-state index contributed by atoms with van der Waals surface area (Å²) in [6.45, 7) is 1.75. The molecular weight excluding hydrogens is 485 g/mol. The zero-order valence-corrected chi connectivity index (χ0v) is 18.9. The van der Waals surface area contributed by atoms with Crippen LogP contribution < -0.4 is 15.8 Å². The molecule has 0 bridgehead atoms. The van der Waals surface area contributed by atoms with Crippen molar-refractivity contribution in [3.63, 3.8) is 0 Å². The number of nitrogens with zero attached hydrogens (tertiary/aromatic N) is 4. The predicted molar refractivity (Wildman–Crippen MR) is 125 cm³/mol. The monoisotopic (exact) mass is 502 g/mol. The van der Waals surface area contributed by atoms with Crippen LogP contribution in [0.1, 0.15) is 22.3 Å². The minimum Gasteiger partial charge on any atom is -0.506 e. The van der Waals surface area contributed by atoms with Gasteiger partial charge in [-0.1, -0.05) is 11.6 Å². The maximum Gasteiger partial charge on any atom is 0.418 e. The Balaban J connectivity index is 1.66. The summed E-state index contributed by atoms with van der Waals surface area (Å²) in [5, 5.41) is 12.8. The van der Waals surface area contributed by atoms with E-state index >= 15 is 0 Å². The van der Waals surface area contributed by atoms with Gasteiger partial charge in [-0.3, -0.25) is 4.98 Å². The van der Waals surface area contributed by atoms with E-state index in [0.29, 0.717) is 29.2 Å². The number of halogens is 4. The number of hydrogen-bond acceptors (Lipinski definition) is 8. The molecule has 2 aliphatic heterocycles. The second-order valence-electron chi connectivity index (χ2n) is 7.97. The SMILES string of the molecule is Cc1cc(N)nc(-c2cc3c4c(c2Cl)NCN=C4N(Cc2cncc(O)c2)C=CO3)c1C(F)(F)F. The number of nitrogens with one attached hydrogen (secondary N) is 1. The van der Waals surface area contributed by atoms with Gasteiger partial charge in [0, 0.05) is 18.0 Å². The van der Waals surface area contributed by atoms with E-state index in [0.717, 1.165) is 0 Å². The largest absolute Gasteiger partial charge is 0.506 e. The number of ether oxygens (including phenoxy) is 1. The van der Waals surface area contributed by atoms with Crippen LogP contribution in [0.4, 0.5) is 24.7 Å². The van der Waals surface area contributed by atoms with E-state index < -0.39 is 11.7 Å². The molecule has 8 nitrogen and oxygen atoms in total. The minimum absolute atomic E-state index is 0.0176. The van der Waals surface area contributed by atoms with Crippen molar-refractivity contribution < 1.29 is 23.0 Å². The van der Waals surface area contributed by atoms with Crippen LogP contribution in [-0.4, -0.2) is 32.5 Å². The molecule has 0 unspecified atom stereocenters. The molecule has 0 saturated carbocycles. The van der Waals surface area contributed by atoms with Crippen LogP contribution in [0.15, 0.2) is 48.0 Å². The first-order valence-electron chi connectivity index (χ1n) is 10.4. The first-order valence-corrected chi connectivity index (χ1v) is 10.7. The van der Waals surface area contributed by atoms with Gasteiger partial charge in [-0.15, -0.1) is 0 Å². The van der Waals surface area contributed by atoms with Gasteiger partial charge in [-0.2, -0.15) is 13.2 Å². The number of alkyl halides is 3. The normalized spacial score (nSPS) is 14.5. The highest BCUT2D eigenvalue weighted by Crippen LogP contribution is 2.47. The molecule has 0 atom stereocenters. The molecule has 3 aromatic rings. The number of aliphatic imine (C=N–C) groups is 1. The van der Waals surface area contributed by atoms with Crippen molar-refractivity contribution in [2.75, 3.05) is 17.7 Å². The Bertz CT molecular complexity index is 1410. The number of rotatable bonds is 3.